The Hall–Kier alpha value is -2.01. The predicted octanol–water partition coefficient (Wildman–Crippen LogP) is 5.07. The maximum atomic E-state index is 12.8. The third-order valence-electron chi connectivity index (χ3n) is 4.96. The van der Waals surface area contributed by atoms with Crippen LogP contribution in [0.4, 0.5) is 18.9 Å². The quantitative estimate of drug-likeness (QED) is 0.588. The van der Waals surface area contributed by atoms with Gasteiger partial charge in [-0.25, -0.2) is 12.7 Å². The fraction of sp³-hybridized carbons (Fsp3) is 0.350. The SMILES string of the molecule is O=C(Nc1ccc(OC(F)(F)F)cc1)C1CCN(S(=O)(=O)Cc2c(Cl)cccc2Cl)CC1. The summed E-state index contributed by atoms with van der Waals surface area (Å²) < 4.78 is 67.3. The number of halogens is 5. The third kappa shape index (κ3) is 6.50. The molecule has 0 radical (unpaired) electrons. The molecule has 1 amide bonds. The summed E-state index contributed by atoms with van der Waals surface area (Å²) in [5, 5.41) is 3.16. The second-order valence-corrected chi connectivity index (χ2v) is 9.97. The molecule has 0 aromatic heterocycles. The summed E-state index contributed by atoms with van der Waals surface area (Å²) in [4.78, 5) is 12.5. The zero-order chi connectivity index (χ0) is 23.5. The zero-order valence-corrected chi connectivity index (χ0v) is 18.9. The van der Waals surface area contributed by atoms with E-state index in [4.69, 9.17) is 23.2 Å². The molecular formula is C20H19Cl2F3N2O4S. The fourth-order valence-corrected chi connectivity index (χ4v) is 5.64. The van der Waals surface area contributed by atoms with Gasteiger partial charge in [0.1, 0.15) is 5.75 Å². The molecule has 1 saturated heterocycles. The maximum absolute atomic E-state index is 12.8. The average molecular weight is 511 g/mol. The average Bonchev–Trinajstić information content (AvgIpc) is 2.71. The molecule has 174 valence electrons. The molecule has 2 aromatic rings. The number of alkyl halides is 3. The number of benzene rings is 2. The van der Waals surface area contributed by atoms with E-state index in [1.807, 2.05) is 0 Å². The third-order valence-corrected chi connectivity index (χ3v) is 7.48. The van der Waals surface area contributed by atoms with Gasteiger partial charge in [0.2, 0.25) is 15.9 Å². The summed E-state index contributed by atoms with van der Waals surface area (Å²) in [6.07, 6.45) is -4.19. The number of sulfonamides is 1. The van der Waals surface area contributed by atoms with Crippen molar-refractivity contribution in [3.63, 3.8) is 0 Å². The Kier molecular flexibility index (Phi) is 7.59. The molecule has 1 aliphatic rings. The van der Waals surface area contributed by atoms with Crippen molar-refractivity contribution in [1.82, 2.24) is 4.31 Å². The summed E-state index contributed by atoms with van der Waals surface area (Å²) in [5.41, 5.74) is 0.640. The number of ether oxygens (including phenoxy) is 1. The number of nitrogens with zero attached hydrogens (tertiary/aromatic N) is 1. The van der Waals surface area contributed by atoms with Gasteiger partial charge >= 0.3 is 6.36 Å². The van der Waals surface area contributed by atoms with E-state index < -0.39 is 28.1 Å². The van der Waals surface area contributed by atoms with Gasteiger partial charge in [0.15, 0.2) is 0 Å². The van der Waals surface area contributed by atoms with Gasteiger partial charge in [0.25, 0.3) is 0 Å². The molecule has 1 N–H and O–H groups in total. The number of hydrogen-bond acceptors (Lipinski definition) is 4. The van der Waals surface area contributed by atoms with Crippen molar-refractivity contribution >= 4 is 44.8 Å². The van der Waals surface area contributed by atoms with Crippen LogP contribution in [-0.4, -0.2) is 38.1 Å². The fourth-order valence-electron chi connectivity index (χ4n) is 3.32. The number of piperidine rings is 1. The molecule has 0 bridgehead atoms. The van der Waals surface area contributed by atoms with Crippen LogP contribution >= 0.6 is 23.2 Å². The normalized spacial score (nSPS) is 16.0. The van der Waals surface area contributed by atoms with E-state index in [1.165, 1.54) is 16.4 Å². The Morgan fingerprint density at radius 2 is 1.62 bits per heavy atom. The van der Waals surface area contributed by atoms with Gasteiger partial charge in [-0.15, -0.1) is 13.2 Å². The minimum atomic E-state index is -4.80. The molecule has 0 saturated carbocycles. The van der Waals surface area contributed by atoms with E-state index in [-0.39, 0.29) is 34.8 Å². The summed E-state index contributed by atoms with van der Waals surface area (Å²) in [6.45, 7) is 0.307. The highest BCUT2D eigenvalue weighted by Crippen LogP contribution is 2.29. The highest BCUT2D eigenvalue weighted by Gasteiger charge is 2.33. The second-order valence-electron chi connectivity index (χ2n) is 7.19. The Labute approximate surface area is 193 Å². The molecule has 3 rings (SSSR count). The molecule has 0 aliphatic carbocycles. The lowest BCUT2D eigenvalue weighted by molar-refractivity contribution is -0.274. The summed E-state index contributed by atoms with van der Waals surface area (Å²) in [7, 11) is -3.68. The number of carbonyl (C=O) groups is 1. The Bertz CT molecular complexity index is 1050. The van der Waals surface area contributed by atoms with Crippen LogP contribution in [0.25, 0.3) is 0 Å². The van der Waals surface area contributed by atoms with Gasteiger partial charge < -0.3 is 10.1 Å². The molecule has 2 aromatic carbocycles. The lowest BCUT2D eigenvalue weighted by atomic mass is 9.97. The van der Waals surface area contributed by atoms with Gasteiger partial charge in [-0.05, 0) is 49.2 Å². The number of anilines is 1. The first-order valence-corrected chi connectivity index (χ1v) is 11.9. The predicted molar refractivity (Wildman–Crippen MR) is 115 cm³/mol. The van der Waals surface area contributed by atoms with Crippen molar-refractivity contribution in [2.45, 2.75) is 25.0 Å². The first-order chi connectivity index (χ1) is 14.9. The molecule has 1 fully saturated rings. The van der Waals surface area contributed by atoms with Crippen molar-refractivity contribution < 1.29 is 31.1 Å². The zero-order valence-electron chi connectivity index (χ0n) is 16.5. The number of nitrogens with one attached hydrogen (secondary N) is 1. The van der Waals surface area contributed by atoms with Crippen LogP contribution in [0, 0.1) is 5.92 Å². The number of amides is 1. The summed E-state index contributed by atoms with van der Waals surface area (Å²) >= 11 is 12.1. The van der Waals surface area contributed by atoms with E-state index in [1.54, 1.807) is 18.2 Å². The van der Waals surface area contributed by atoms with Crippen molar-refractivity contribution in [2.24, 2.45) is 5.92 Å². The first-order valence-electron chi connectivity index (χ1n) is 9.52. The molecule has 0 unspecified atom stereocenters. The standard InChI is InChI=1S/C20H19Cl2F3N2O4S/c21-17-2-1-3-18(22)16(17)12-32(29,30)27-10-8-13(9-11-27)19(28)26-14-4-6-15(7-5-14)31-20(23,24)25/h1-7,13H,8-12H2,(H,26,28). The lowest BCUT2D eigenvalue weighted by Gasteiger charge is -2.30. The van der Waals surface area contributed by atoms with Gasteiger partial charge in [-0.2, -0.15) is 0 Å². The second kappa shape index (κ2) is 9.86. The smallest absolute Gasteiger partial charge is 0.406 e. The molecule has 0 spiro atoms. The molecular weight excluding hydrogens is 492 g/mol. The lowest BCUT2D eigenvalue weighted by Crippen LogP contribution is -2.41. The van der Waals surface area contributed by atoms with Crippen LogP contribution in [0.15, 0.2) is 42.5 Å². The van der Waals surface area contributed by atoms with Crippen LogP contribution in [-0.2, 0) is 20.6 Å². The van der Waals surface area contributed by atoms with Gasteiger partial charge in [-0.1, -0.05) is 29.3 Å². The summed E-state index contributed by atoms with van der Waals surface area (Å²) in [5.74, 6) is -1.50. The highest BCUT2D eigenvalue weighted by atomic mass is 35.5. The molecule has 1 aliphatic heterocycles. The Morgan fingerprint density at radius 1 is 1.06 bits per heavy atom. The topological polar surface area (TPSA) is 75.7 Å². The molecule has 6 nitrogen and oxygen atoms in total. The Balaban J connectivity index is 1.55. The molecule has 12 heteroatoms. The Morgan fingerprint density at radius 3 is 2.16 bits per heavy atom. The minimum absolute atomic E-state index is 0.154. The van der Waals surface area contributed by atoms with Gasteiger partial charge in [0.05, 0.1) is 5.75 Å². The van der Waals surface area contributed by atoms with Crippen molar-refractivity contribution in [3.05, 3.63) is 58.1 Å². The number of hydrogen-bond donors (Lipinski definition) is 1. The van der Waals surface area contributed by atoms with E-state index in [0.29, 0.717) is 24.1 Å². The van der Waals surface area contributed by atoms with Gasteiger partial charge in [0, 0.05) is 40.3 Å². The minimum Gasteiger partial charge on any atom is -0.406 e. The van der Waals surface area contributed by atoms with E-state index in [2.05, 4.69) is 10.1 Å². The highest BCUT2D eigenvalue weighted by molar-refractivity contribution is 7.88. The van der Waals surface area contributed by atoms with Crippen LogP contribution in [0.5, 0.6) is 5.75 Å². The monoisotopic (exact) mass is 510 g/mol. The van der Waals surface area contributed by atoms with Crippen molar-refractivity contribution in [3.8, 4) is 5.75 Å². The van der Waals surface area contributed by atoms with Crippen molar-refractivity contribution in [1.29, 1.82) is 0 Å². The van der Waals surface area contributed by atoms with E-state index >= 15 is 0 Å². The van der Waals surface area contributed by atoms with Crippen LogP contribution in [0.3, 0.4) is 0 Å². The largest absolute Gasteiger partial charge is 0.573 e. The molecule has 32 heavy (non-hydrogen) atoms. The number of carbonyl (C=O) groups excluding carboxylic acids is 1. The van der Waals surface area contributed by atoms with Crippen molar-refractivity contribution in [2.75, 3.05) is 18.4 Å². The summed E-state index contributed by atoms with van der Waals surface area (Å²) in [6, 6.07) is 9.54. The van der Waals surface area contributed by atoms with E-state index in [9.17, 15) is 26.4 Å². The van der Waals surface area contributed by atoms with Crippen LogP contribution < -0.4 is 10.1 Å². The van der Waals surface area contributed by atoms with Gasteiger partial charge in [-0.3, -0.25) is 4.79 Å². The molecule has 0 atom stereocenters. The van der Waals surface area contributed by atoms with Crippen LogP contribution in [0.1, 0.15) is 18.4 Å². The van der Waals surface area contributed by atoms with E-state index in [0.717, 1.165) is 12.1 Å². The molecule has 1 heterocycles. The first kappa shape index (κ1) is 24.6. The van der Waals surface area contributed by atoms with Crippen LogP contribution in [0.2, 0.25) is 10.0 Å². The maximum Gasteiger partial charge on any atom is 0.573 e. The number of rotatable bonds is 6.